The van der Waals surface area contributed by atoms with E-state index in [1.54, 1.807) is 0 Å². The van der Waals surface area contributed by atoms with E-state index >= 15 is 0 Å². The molecule has 0 aromatic carbocycles. The molecule has 0 bridgehead atoms. The number of alkyl halides is 5. The second-order valence-corrected chi connectivity index (χ2v) is 2.89. The van der Waals surface area contributed by atoms with Crippen LogP contribution in [-0.4, -0.2) is 26.3 Å². The van der Waals surface area contributed by atoms with E-state index in [2.05, 4.69) is 0 Å². The lowest BCUT2D eigenvalue weighted by Gasteiger charge is -2.12. The van der Waals surface area contributed by atoms with E-state index in [1.807, 2.05) is 0 Å². The molecule has 0 aliphatic carbocycles. The molecule has 2 radical (unpaired) electrons. The molecule has 0 aliphatic heterocycles. The van der Waals surface area contributed by atoms with E-state index in [-0.39, 0.29) is 0 Å². The Morgan fingerprint density at radius 1 is 1.00 bits per heavy atom. The molecule has 7 heteroatoms. The second-order valence-electron chi connectivity index (χ2n) is 1.93. The van der Waals surface area contributed by atoms with Gasteiger partial charge < -0.3 is 4.80 Å². The molecule has 0 spiro atoms. The van der Waals surface area contributed by atoms with Crippen LogP contribution < -0.4 is 0 Å². The Hall–Kier alpha value is -0.173. The Morgan fingerprint density at radius 3 is 1.73 bits per heavy atom. The third-order valence-electron chi connectivity index (χ3n) is 0.886. The zero-order chi connectivity index (χ0) is 9.12. The minimum Gasteiger partial charge on any atom is -0.427 e. The van der Waals surface area contributed by atoms with Gasteiger partial charge in [-0.2, -0.15) is 13.2 Å². The fourth-order valence-electron chi connectivity index (χ4n) is 0.355. The third kappa shape index (κ3) is 6.23. The van der Waals surface area contributed by atoms with Gasteiger partial charge in [0.2, 0.25) is 0 Å². The molecule has 0 saturated carbocycles. The Morgan fingerprint density at radius 2 is 1.45 bits per heavy atom. The summed E-state index contributed by atoms with van der Waals surface area (Å²) in [6.45, 7) is 0. The molecule has 0 aromatic rings. The van der Waals surface area contributed by atoms with Crippen molar-refractivity contribution in [1.82, 2.24) is 0 Å². The van der Waals surface area contributed by atoms with Gasteiger partial charge in [0.15, 0.2) is 0 Å². The van der Waals surface area contributed by atoms with Crippen LogP contribution in [0, 0.1) is 0 Å². The molecule has 0 aromatic heterocycles. The Labute approximate surface area is 62.2 Å². The molecule has 0 fully saturated rings. The molecule has 0 amide bonds. The van der Waals surface area contributed by atoms with Gasteiger partial charge in [-0.05, 0) is 0 Å². The smallest absolute Gasteiger partial charge is 0.389 e. The summed E-state index contributed by atoms with van der Waals surface area (Å²) < 4.78 is 57.8. The molecular weight excluding hydrogens is 187 g/mol. The van der Waals surface area contributed by atoms with E-state index in [0.29, 0.717) is 0 Å². The molecule has 0 heterocycles. The fraction of sp³-hybridized carbons (Fsp3) is 1.00. The van der Waals surface area contributed by atoms with Gasteiger partial charge in [-0.1, -0.05) is 0 Å². The van der Waals surface area contributed by atoms with Gasteiger partial charge in [0, 0.05) is 12.8 Å². The van der Waals surface area contributed by atoms with Gasteiger partial charge in [-0.25, -0.2) is 8.78 Å². The topological polar surface area (TPSA) is 20.2 Å². The normalized spacial score (nSPS) is 13.6. The lowest BCUT2D eigenvalue weighted by Crippen LogP contribution is -2.27. The highest BCUT2D eigenvalue weighted by Gasteiger charge is 2.36. The summed E-state index contributed by atoms with van der Waals surface area (Å²) in [4.78, 5) is 7.90. The Kier molecular flexibility index (Phi) is 3.43. The lowest BCUT2D eigenvalue weighted by atomic mass is 10.3. The van der Waals surface area contributed by atoms with Gasteiger partial charge in [-0.3, -0.25) is 0 Å². The first-order chi connectivity index (χ1) is 4.77. The SMILES string of the molecule is O[Si]C(F)(F)CCC(F)(F)F. The van der Waals surface area contributed by atoms with Crippen molar-refractivity contribution in [2.45, 2.75) is 24.6 Å². The first kappa shape index (κ1) is 10.8. The van der Waals surface area contributed by atoms with Crippen molar-refractivity contribution in [1.29, 1.82) is 0 Å². The van der Waals surface area contributed by atoms with Crippen LogP contribution in [0.15, 0.2) is 0 Å². The van der Waals surface area contributed by atoms with Crippen molar-refractivity contribution in [2.24, 2.45) is 0 Å². The van der Waals surface area contributed by atoms with Crippen LogP contribution in [0.5, 0.6) is 0 Å². The van der Waals surface area contributed by atoms with E-state index in [4.69, 9.17) is 4.80 Å². The van der Waals surface area contributed by atoms with Gasteiger partial charge in [0.1, 0.15) is 0 Å². The maximum absolute atomic E-state index is 11.9. The number of hydrogen-bond acceptors (Lipinski definition) is 1. The summed E-state index contributed by atoms with van der Waals surface area (Å²) in [5.74, 6) is 0. The molecule has 1 N–H and O–H groups in total. The fourth-order valence-corrected chi connectivity index (χ4v) is 0.591. The van der Waals surface area contributed by atoms with Crippen molar-refractivity contribution in [3.8, 4) is 0 Å². The first-order valence-corrected chi connectivity index (χ1v) is 3.57. The highest BCUT2D eigenvalue weighted by molar-refractivity contribution is 6.29. The quantitative estimate of drug-likeness (QED) is 0.531. The lowest BCUT2D eigenvalue weighted by molar-refractivity contribution is -0.144. The van der Waals surface area contributed by atoms with Gasteiger partial charge >= 0.3 is 15.9 Å². The zero-order valence-corrected chi connectivity index (χ0v) is 6.25. The minimum absolute atomic E-state index is 1.34. The maximum Gasteiger partial charge on any atom is 0.389 e. The third-order valence-corrected chi connectivity index (χ3v) is 1.46. The Balaban J connectivity index is 3.70. The van der Waals surface area contributed by atoms with E-state index < -0.39 is 34.3 Å². The van der Waals surface area contributed by atoms with Crippen LogP contribution in [0.4, 0.5) is 22.0 Å². The maximum atomic E-state index is 11.9. The van der Waals surface area contributed by atoms with Crippen molar-refractivity contribution in [2.75, 3.05) is 0 Å². The van der Waals surface area contributed by atoms with Crippen molar-refractivity contribution in [3.05, 3.63) is 0 Å². The summed E-state index contributed by atoms with van der Waals surface area (Å²) in [7, 11) is -1.76. The molecule has 0 rings (SSSR count). The van der Waals surface area contributed by atoms with Crippen LogP contribution >= 0.6 is 0 Å². The molecule has 0 aliphatic rings. The molecule has 0 unspecified atom stereocenters. The summed E-state index contributed by atoms with van der Waals surface area (Å²) >= 11 is 0. The predicted molar refractivity (Wildman–Crippen MR) is 28.2 cm³/mol. The molecule has 66 valence electrons. The summed E-state index contributed by atoms with van der Waals surface area (Å²) in [5.41, 5.74) is -3.59. The first-order valence-electron chi connectivity index (χ1n) is 2.63. The van der Waals surface area contributed by atoms with Gasteiger partial charge in [0.05, 0.1) is 0 Å². The summed E-state index contributed by atoms with van der Waals surface area (Å²) in [6, 6.07) is 0. The van der Waals surface area contributed by atoms with Gasteiger partial charge in [0.25, 0.3) is 5.55 Å². The molecular formula is C4H5F5OSi. The zero-order valence-electron chi connectivity index (χ0n) is 5.25. The van der Waals surface area contributed by atoms with Crippen molar-refractivity contribution < 1.29 is 26.7 Å². The molecule has 0 saturated heterocycles. The molecule has 1 nitrogen and oxygen atoms in total. The van der Waals surface area contributed by atoms with E-state index in [0.717, 1.165) is 0 Å². The molecule has 0 atom stereocenters. The van der Waals surface area contributed by atoms with Crippen molar-refractivity contribution >= 4 is 9.76 Å². The van der Waals surface area contributed by atoms with Crippen LogP contribution in [0.25, 0.3) is 0 Å². The summed E-state index contributed by atoms with van der Waals surface area (Å²) in [5, 5.41) is 0. The van der Waals surface area contributed by atoms with E-state index in [9.17, 15) is 22.0 Å². The summed E-state index contributed by atoms with van der Waals surface area (Å²) in [6.07, 6.45) is -7.48. The largest absolute Gasteiger partial charge is 0.427 e. The average molecular weight is 192 g/mol. The monoisotopic (exact) mass is 192 g/mol. The van der Waals surface area contributed by atoms with Crippen LogP contribution in [-0.2, 0) is 0 Å². The highest BCUT2D eigenvalue weighted by atomic mass is 28.2. The number of halogens is 5. The van der Waals surface area contributed by atoms with Gasteiger partial charge in [-0.15, -0.1) is 0 Å². The molecule has 11 heavy (non-hydrogen) atoms. The minimum atomic E-state index is -4.58. The number of hydrogen-bond donors (Lipinski definition) is 1. The average Bonchev–Trinajstić information content (AvgIpc) is 1.83. The standard InChI is InChI=1S/C4H5F5OSi/c5-3(6,7)1-2-4(8,9)11-10/h10H,1-2H2. The second kappa shape index (κ2) is 3.48. The van der Waals surface area contributed by atoms with Crippen LogP contribution in [0.2, 0.25) is 0 Å². The highest BCUT2D eigenvalue weighted by Crippen LogP contribution is 2.27. The van der Waals surface area contributed by atoms with E-state index in [1.165, 1.54) is 0 Å². The van der Waals surface area contributed by atoms with Crippen molar-refractivity contribution in [3.63, 3.8) is 0 Å². The Bertz CT molecular complexity index is 122. The predicted octanol–water partition coefficient (Wildman–Crippen LogP) is 1.53. The van der Waals surface area contributed by atoms with Crippen LogP contribution in [0.3, 0.4) is 0 Å². The van der Waals surface area contributed by atoms with Crippen LogP contribution in [0.1, 0.15) is 12.8 Å². The number of rotatable bonds is 3.